The fourth-order valence-electron chi connectivity index (χ4n) is 1.74. The van der Waals surface area contributed by atoms with Crippen molar-refractivity contribution in [3.05, 3.63) is 37.6 Å². The largest absolute Gasteiger partial charge is 0.382 e. The molecular formula is C13H17BrN4OS. The Morgan fingerprint density at radius 3 is 2.95 bits per heavy atom. The van der Waals surface area contributed by atoms with Gasteiger partial charge in [0.25, 0.3) is 5.56 Å². The third-order valence-electron chi connectivity index (χ3n) is 2.66. The molecule has 0 unspecified atom stereocenters. The van der Waals surface area contributed by atoms with Crippen LogP contribution in [0, 0.1) is 5.92 Å². The third kappa shape index (κ3) is 3.89. The molecule has 1 N–H and O–H groups in total. The number of halogens is 1. The highest BCUT2D eigenvalue weighted by atomic mass is 79.9. The van der Waals surface area contributed by atoms with E-state index in [4.69, 9.17) is 0 Å². The first-order valence-electron chi connectivity index (χ1n) is 6.45. The lowest BCUT2D eigenvalue weighted by Crippen LogP contribution is -2.26. The Morgan fingerprint density at radius 2 is 2.30 bits per heavy atom. The molecule has 0 fully saturated rings. The van der Waals surface area contributed by atoms with Crippen LogP contribution in [0.15, 0.2) is 27.0 Å². The highest BCUT2D eigenvalue weighted by Crippen LogP contribution is 2.16. The first kappa shape index (κ1) is 15.2. The predicted octanol–water partition coefficient (Wildman–Crippen LogP) is 2.77. The molecule has 0 spiro atoms. The van der Waals surface area contributed by atoms with E-state index in [9.17, 15) is 4.79 Å². The molecule has 108 valence electrons. The number of thiazole rings is 1. The lowest BCUT2D eigenvalue weighted by atomic mass is 10.2. The zero-order chi connectivity index (χ0) is 14.5. The van der Waals surface area contributed by atoms with Gasteiger partial charge in [0.1, 0.15) is 4.47 Å². The van der Waals surface area contributed by atoms with Gasteiger partial charge in [0.15, 0.2) is 0 Å². The van der Waals surface area contributed by atoms with Gasteiger partial charge in [-0.05, 0) is 21.8 Å². The number of aromatic nitrogens is 3. The van der Waals surface area contributed by atoms with Crippen LogP contribution < -0.4 is 10.9 Å². The lowest BCUT2D eigenvalue weighted by molar-refractivity contribution is 0.462. The Kier molecular flexibility index (Phi) is 5.31. The molecule has 2 aromatic heterocycles. The molecule has 0 aromatic carbocycles. The fourth-order valence-corrected chi connectivity index (χ4v) is 2.81. The summed E-state index contributed by atoms with van der Waals surface area (Å²) in [6.45, 7) is 5.46. The van der Waals surface area contributed by atoms with E-state index in [1.54, 1.807) is 23.7 Å². The smallest absolute Gasteiger partial charge is 0.283 e. The van der Waals surface area contributed by atoms with Crippen molar-refractivity contribution >= 4 is 33.0 Å². The van der Waals surface area contributed by atoms with Crippen LogP contribution >= 0.6 is 27.3 Å². The van der Waals surface area contributed by atoms with E-state index < -0.39 is 0 Å². The maximum atomic E-state index is 12.1. The SMILES string of the molecule is CC(C)Cn1ncc(NCCc2nccs2)c(Br)c1=O. The van der Waals surface area contributed by atoms with Crippen molar-refractivity contribution in [1.82, 2.24) is 14.8 Å². The van der Waals surface area contributed by atoms with E-state index in [0.717, 1.165) is 23.7 Å². The van der Waals surface area contributed by atoms with E-state index in [0.29, 0.717) is 16.9 Å². The molecule has 0 saturated carbocycles. The van der Waals surface area contributed by atoms with Crippen LogP contribution in [-0.2, 0) is 13.0 Å². The van der Waals surface area contributed by atoms with Crippen LogP contribution in [0.2, 0.25) is 0 Å². The molecule has 0 radical (unpaired) electrons. The van der Waals surface area contributed by atoms with Crippen molar-refractivity contribution in [1.29, 1.82) is 0 Å². The fraction of sp³-hybridized carbons (Fsp3) is 0.462. The maximum absolute atomic E-state index is 12.1. The Labute approximate surface area is 130 Å². The van der Waals surface area contributed by atoms with E-state index in [-0.39, 0.29) is 5.56 Å². The third-order valence-corrected chi connectivity index (χ3v) is 4.27. The van der Waals surface area contributed by atoms with Gasteiger partial charge in [0.2, 0.25) is 0 Å². The van der Waals surface area contributed by atoms with Crippen LogP contribution in [0.3, 0.4) is 0 Å². The van der Waals surface area contributed by atoms with Crippen molar-refractivity contribution in [2.75, 3.05) is 11.9 Å². The van der Waals surface area contributed by atoms with Gasteiger partial charge in [-0.25, -0.2) is 9.67 Å². The van der Waals surface area contributed by atoms with Gasteiger partial charge < -0.3 is 5.32 Å². The molecule has 0 aliphatic heterocycles. The lowest BCUT2D eigenvalue weighted by Gasteiger charge is -2.11. The van der Waals surface area contributed by atoms with Crippen LogP contribution in [0.25, 0.3) is 0 Å². The number of anilines is 1. The van der Waals surface area contributed by atoms with Crippen LogP contribution in [0.4, 0.5) is 5.69 Å². The zero-order valence-corrected chi connectivity index (χ0v) is 13.9. The molecule has 0 saturated heterocycles. The summed E-state index contributed by atoms with van der Waals surface area (Å²) in [5.41, 5.74) is 0.629. The predicted molar refractivity (Wildman–Crippen MR) is 85.3 cm³/mol. The summed E-state index contributed by atoms with van der Waals surface area (Å²) in [7, 11) is 0. The number of nitrogens with zero attached hydrogens (tertiary/aromatic N) is 3. The van der Waals surface area contributed by atoms with Crippen molar-refractivity contribution in [3.63, 3.8) is 0 Å². The summed E-state index contributed by atoms with van der Waals surface area (Å²) in [5, 5.41) is 10.4. The van der Waals surface area contributed by atoms with Gasteiger partial charge in [0.05, 0.1) is 16.9 Å². The Hall–Kier alpha value is -1.21. The molecule has 0 atom stereocenters. The summed E-state index contributed by atoms with van der Waals surface area (Å²) in [5.74, 6) is 0.385. The van der Waals surface area contributed by atoms with Gasteiger partial charge in [-0.15, -0.1) is 11.3 Å². The Balaban J connectivity index is 2.02. The number of hydrogen-bond acceptors (Lipinski definition) is 5. The number of nitrogens with one attached hydrogen (secondary N) is 1. The van der Waals surface area contributed by atoms with Crippen LogP contribution in [-0.4, -0.2) is 21.3 Å². The molecule has 2 heterocycles. The number of rotatable bonds is 6. The molecule has 0 amide bonds. The maximum Gasteiger partial charge on any atom is 0.283 e. The minimum absolute atomic E-state index is 0.0991. The topological polar surface area (TPSA) is 59.8 Å². The van der Waals surface area contributed by atoms with E-state index >= 15 is 0 Å². The highest BCUT2D eigenvalue weighted by molar-refractivity contribution is 9.10. The molecule has 0 aliphatic rings. The minimum atomic E-state index is -0.0991. The molecule has 0 aliphatic carbocycles. The normalized spacial score (nSPS) is 11.0. The van der Waals surface area contributed by atoms with Crippen molar-refractivity contribution in [3.8, 4) is 0 Å². The zero-order valence-electron chi connectivity index (χ0n) is 11.5. The standard InChI is InChI=1S/C13H17BrN4OS/c1-9(2)8-18-13(19)12(14)10(7-17-18)15-4-3-11-16-5-6-20-11/h5-7,9,15H,3-4,8H2,1-2H3. The quantitative estimate of drug-likeness (QED) is 0.864. The van der Waals surface area contributed by atoms with E-state index in [1.165, 1.54) is 4.68 Å². The Bertz CT molecular complexity index is 609. The molecule has 0 bridgehead atoms. The first-order chi connectivity index (χ1) is 9.58. The second kappa shape index (κ2) is 6.99. The highest BCUT2D eigenvalue weighted by Gasteiger charge is 2.09. The van der Waals surface area contributed by atoms with Crippen molar-refractivity contribution in [2.24, 2.45) is 5.92 Å². The molecule has 5 nitrogen and oxygen atoms in total. The van der Waals surface area contributed by atoms with Crippen LogP contribution in [0.1, 0.15) is 18.9 Å². The van der Waals surface area contributed by atoms with E-state index in [1.807, 2.05) is 5.38 Å². The summed E-state index contributed by atoms with van der Waals surface area (Å²) in [6, 6.07) is 0. The minimum Gasteiger partial charge on any atom is -0.382 e. The van der Waals surface area contributed by atoms with Crippen molar-refractivity contribution < 1.29 is 0 Å². The molecule has 20 heavy (non-hydrogen) atoms. The Morgan fingerprint density at radius 1 is 1.50 bits per heavy atom. The summed E-state index contributed by atoms with van der Waals surface area (Å²) >= 11 is 4.98. The average molecular weight is 357 g/mol. The monoisotopic (exact) mass is 356 g/mol. The molecule has 7 heteroatoms. The van der Waals surface area contributed by atoms with Crippen molar-refractivity contribution in [2.45, 2.75) is 26.8 Å². The summed E-state index contributed by atoms with van der Waals surface area (Å²) < 4.78 is 2.02. The number of hydrogen-bond donors (Lipinski definition) is 1. The summed E-state index contributed by atoms with van der Waals surface area (Å²) in [6.07, 6.45) is 4.32. The molecule has 2 aromatic rings. The second-order valence-electron chi connectivity index (χ2n) is 4.86. The summed E-state index contributed by atoms with van der Waals surface area (Å²) in [4.78, 5) is 16.3. The average Bonchev–Trinajstić information content (AvgIpc) is 2.90. The second-order valence-corrected chi connectivity index (χ2v) is 6.63. The van der Waals surface area contributed by atoms with Gasteiger partial charge >= 0.3 is 0 Å². The van der Waals surface area contributed by atoms with Gasteiger partial charge in [0, 0.05) is 31.1 Å². The molecule has 2 rings (SSSR count). The van der Waals surface area contributed by atoms with E-state index in [2.05, 4.69) is 45.2 Å². The molecular weight excluding hydrogens is 340 g/mol. The first-order valence-corrected chi connectivity index (χ1v) is 8.13. The van der Waals surface area contributed by atoms with Crippen LogP contribution in [0.5, 0.6) is 0 Å². The van der Waals surface area contributed by atoms with Gasteiger partial charge in [-0.1, -0.05) is 13.8 Å². The van der Waals surface area contributed by atoms with Gasteiger partial charge in [-0.2, -0.15) is 5.10 Å². The van der Waals surface area contributed by atoms with Gasteiger partial charge in [-0.3, -0.25) is 4.79 Å².